The Labute approximate surface area is 111 Å². The fourth-order valence-corrected chi connectivity index (χ4v) is 3.18. The summed E-state index contributed by atoms with van der Waals surface area (Å²) in [6.07, 6.45) is 0. The first-order valence-corrected chi connectivity index (χ1v) is 6.90. The first-order valence-electron chi connectivity index (χ1n) is 6.02. The van der Waals surface area contributed by atoms with Crippen LogP contribution in [0.5, 0.6) is 0 Å². The molecule has 0 unspecified atom stereocenters. The molecule has 18 heavy (non-hydrogen) atoms. The van der Waals surface area contributed by atoms with Gasteiger partial charge in [0.1, 0.15) is 0 Å². The van der Waals surface area contributed by atoms with E-state index in [-0.39, 0.29) is 11.1 Å². The molecule has 0 aromatic heterocycles. The van der Waals surface area contributed by atoms with Crippen LogP contribution in [0.1, 0.15) is 13.8 Å². The summed E-state index contributed by atoms with van der Waals surface area (Å²) in [5.41, 5.74) is 0.969. The number of hydrogen-bond donors (Lipinski definition) is 0. The van der Waals surface area contributed by atoms with Crippen LogP contribution in [0.15, 0.2) is 30.3 Å². The second-order valence-electron chi connectivity index (χ2n) is 3.94. The summed E-state index contributed by atoms with van der Waals surface area (Å²) in [7, 11) is 0. The third-order valence-electron chi connectivity index (χ3n) is 2.94. The molecule has 0 radical (unpaired) electrons. The van der Waals surface area contributed by atoms with E-state index in [1.165, 1.54) is 4.90 Å². The number of amides is 2. The molecule has 1 atom stereocenters. The minimum Gasteiger partial charge on any atom is -0.351 e. The summed E-state index contributed by atoms with van der Waals surface area (Å²) in [4.78, 5) is 27.1. The molecule has 0 saturated carbocycles. The van der Waals surface area contributed by atoms with E-state index in [0.29, 0.717) is 13.1 Å². The molecule has 1 aromatic carbocycles. The van der Waals surface area contributed by atoms with Gasteiger partial charge in [-0.05, 0) is 37.7 Å². The fraction of sp³-hybridized carbons (Fsp3) is 0.385. The Kier molecular flexibility index (Phi) is 3.91. The molecule has 0 aliphatic carbocycles. The maximum Gasteiger partial charge on any atom is 0.290 e. The standard InChI is InChI=1S/C13H16N2O2S/c1-3-14(10-8-6-5-7-9-10)12-11(16)15(4-2)13(17)18-12/h5-9,12H,3-4H2,1-2H3/t12-/m0/s1. The lowest BCUT2D eigenvalue weighted by Crippen LogP contribution is -2.41. The number of carbonyl (C=O) groups is 2. The zero-order chi connectivity index (χ0) is 13.1. The van der Waals surface area contributed by atoms with Gasteiger partial charge in [0.25, 0.3) is 11.1 Å². The number of thioether (sulfide) groups is 1. The highest BCUT2D eigenvalue weighted by atomic mass is 32.2. The van der Waals surface area contributed by atoms with Crippen LogP contribution in [0.4, 0.5) is 10.5 Å². The van der Waals surface area contributed by atoms with Crippen LogP contribution < -0.4 is 4.90 Å². The van der Waals surface area contributed by atoms with Gasteiger partial charge in [-0.2, -0.15) is 0 Å². The van der Waals surface area contributed by atoms with Crippen LogP contribution in [0, 0.1) is 0 Å². The SMILES string of the molecule is CCN1C(=O)S[C@H](N(CC)c2ccccc2)C1=O. The molecular formula is C13H16N2O2S. The van der Waals surface area contributed by atoms with E-state index in [2.05, 4.69) is 0 Å². The normalized spacial score (nSPS) is 19.4. The van der Waals surface area contributed by atoms with Gasteiger partial charge in [-0.25, -0.2) is 0 Å². The molecule has 1 aromatic rings. The first kappa shape index (κ1) is 13.0. The highest BCUT2D eigenvalue weighted by Gasteiger charge is 2.41. The Balaban J connectivity index is 2.25. The molecule has 1 saturated heterocycles. The second-order valence-corrected chi connectivity index (χ2v) is 4.97. The molecule has 2 amide bonds. The van der Waals surface area contributed by atoms with Crippen molar-refractivity contribution in [1.29, 1.82) is 0 Å². The van der Waals surface area contributed by atoms with Crippen molar-refractivity contribution in [1.82, 2.24) is 4.90 Å². The van der Waals surface area contributed by atoms with Gasteiger partial charge in [-0.3, -0.25) is 14.5 Å². The summed E-state index contributed by atoms with van der Waals surface area (Å²) < 4.78 is 0. The van der Waals surface area contributed by atoms with Gasteiger partial charge in [-0.15, -0.1) is 0 Å². The summed E-state index contributed by atoms with van der Waals surface area (Å²) in [6, 6.07) is 9.71. The third kappa shape index (κ3) is 2.22. The van der Waals surface area contributed by atoms with Crippen molar-refractivity contribution in [2.24, 2.45) is 0 Å². The number of nitrogens with zero attached hydrogens (tertiary/aromatic N) is 2. The molecule has 2 rings (SSSR count). The Morgan fingerprint density at radius 2 is 1.89 bits per heavy atom. The lowest BCUT2D eigenvalue weighted by molar-refractivity contribution is -0.126. The number of para-hydroxylation sites is 1. The first-order chi connectivity index (χ1) is 8.69. The van der Waals surface area contributed by atoms with Crippen molar-refractivity contribution in [3.8, 4) is 0 Å². The number of benzene rings is 1. The van der Waals surface area contributed by atoms with Crippen LogP contribution >= 0.6 is 11.8 Å². The van der Waals surface area contributed by atoms with E-state index < -0.39 is 5.37 Å². The Bertz CT molecular complexity index is 450. The minimum atomic E-state index is -0.426. The summed E-state index contributed by atoms with van der Waals surface area (Å²) in [6.45, 7) is 4.93. The number of rotatable bonds is 4. The lowest BCUT2D eigenvalue weighted by atomic mass is 10.3. The molecule has 0 bridgehead atoms. The highest BCUT2D eigenvalue weighted by molar-refractivity contribution is 8.15. The van der Waals surface area contributed by atoms with Gasteiger partial charge in [-0.1, -0.05) is 18.2 Å². The Morgan fingerprint density at radius 3 is 2.39 bits per heavy atom. The van der Waals surface area contributed by atoms with E-state index in [0.717, 1.165) is 17.4 Å². The number of hydrogen-bond acceptors (Lipinski definition) is 4. The van der Waals surface area contributed by atoms with Crippen LogP contribution in [0.25, 0.3) is 0 Å². The van der Waals surface area contributed by atoms with E-state index in [4.69, 9.17) is 0 Å². The van der Waals surface area contributed by atoms with Crippen molar-refractivity contribution in [2.45, 2.75) is 19.2 Å². The van der Waals surface area contributed by atoms with Crippen LogP contribution in [0.2, 0.25) is 0 Å². The van der Waals surface area contributed by atoms with Gasteiger partial charge in [0, 0.05) is 18.8 Å². The molecule has 0 N–H and O–H groups in total. The molecule has 1 aliphatic heterocycles. The van der Waals surface area contributed by atoms with E-state index in [1.54, 1.807) is 0 Å². The van der Waals surface area contributed by atoms with Gasteiger partial charge in [0.2, 0.25) is 0 Å². The molecule has 1 aliphatic rings. The monoisotopic (exact) mass is 264 g/mol. The van der Waals surface area contributed by atoms with Crippen LogP contribution in [-0.2, 0) is 4.79 Å². The minimum absolute atomic E-state index is 0.113. The number of imide groups is 1. The van der Waals surface area contributed by atoms with Crippen molar-refractivity contribution < 1.29 is 9.59 Å². The second kappa shape index (κ2) is 5.44. The van der Waals surface area contributed by atoms with E-state index >= 15 is 0 Å². The smallest absolute Gasteiger partial charge is 0.290 e. The van der Waals surface area contributed by atoms with E-state index in [1.807, 2.05) is 49.1 Å². The third-order valence-corrected chi connectivity index (χ3v) is 4.04. The summed E-state index contributed by atoms with van der Waals surface area (Å²) in [5, 5.41) is -0.577. The number of carbonyl (C=O) groups excluding carboxylic acids is 2. The van der Waals surface area contributed by atoms with Gasteiger partial charge in [0.05, 0.1) is 0 Å². The summed E-state index contributed by atoms with van der Waals surface area (Å²) >= 11 is 1.10. The predicted octanol–water partition coefficient (Wildman–Crippen LogP) is 2.55. The fourth-order valence-electron chi connectivity index (χ4n) is 2.02. The summed E-state index contributed by atoms with van der Waals surface area (Å²) in [5.74, 6) is -0.113. The zero-order valence-electron chi connectivity index (χ0n) is 10.5. The maximum atomic E-state index is 12.2. The Morgan fingerprint density at radius 1 is 1.22 bits per heavy atom. The van der Waals surface area contributed by atoms with E-state index in [9.17, 15) is 9.59 Å². The number of likely N-dealkylation sites (N-methyl/N-ethyl adjacent to an activating group) is 2. The average Bonchev–Trinajstić information content (AvgIpc) is 2.67. The highest BCUT2D eigenvalue weighted by Crippen LogP contribution is 2.32. The van der Waals surface area contributed by atoms with Crippen molar-refractivity contribution >= 4 is 28.6 Å². The molecule has 1 fully saturated rings. The van der Waals surface area contributed by atoms with Crippen molar-refractivity contribution in [2.75, 3.05) is 18.0 Å². The molecule has 1 heterocycles. The average molecular weight is 264 g/mol. The van der Waals surface area contributed by atoms with Gasteiger partial charge >= 0.3 is 0 Å². The molecular weight excluding hydrogens is 248 g/mol. The predicted molar refractivity (Wildman–Crippen MR) is 73.6 cm³/mol. The van der Waals surface area contributed by atoms with Gasteiger partial charge < -0.3 is 4.90 Å². The molecule has 5 heteroatoms. The maximum absolute atomic E-state index is 12.2. The topological polar surface area (TPSA) is 40.6 Å². The molecule has 0 spiro atoms. The molecule has 4 nitrogen and oxygen atoms in total. The van der Waals surface area contributed by atoms with Crippen molar-refractivity contribution in [3.63, 3.8) is 0 Å². The van der Waals surface area contributed by atoms with Crippen LogP contribution in [0.3, 0.4) is 0 Å². The quantitative estimate of drug-likeness (QED) is 0.838. The zero-order valence-corrected chi connectivity index (χ0v) is 11.3. The number of anilines is 1. The largest absolute Gasteiger partial charge is 0.351 e. The van der Waals surface area contributed by atoms with Crippen molar-refractivity contribution in [3.05, 3.63) is 30.3 Å². The van der Waals surface area contributed by atoms with Crippen LogP contribution in [-0.4, -0.2) is 34.5 Å². The lowest BCUT2D eigenvalue weighted by Gasteiger charge is -2.27. The van der Waals surface area contributed by atoms with Gasteiger partial charge in [0.15, 0.2) is 5.37 Å². The molecule has 96 valence electrons. The Hall–Kier alpha value is -1.49.